The lowest BCUT2D eigenvalue weighted by atomic mass is 10.1. The van der Waals surface area contributed by atoms with Gasteiger partial charge in [-0.1, -0.05) is 24.3 Å². The standard InChI is InChI=1S/C21H21N3O2/c1-14-11-12-19(26-2)17(13-14)22-21(25)20-16-9-6-10-18(16)24(23-20)15-7-4-3-5-8-15/h3-5,7-8,11-13H,6,9-10H2,1-2H3,(H,22,25). The topological polar surface area (TPSA) is 56.1 Å². The lowest BCUT2D eigenvalue weighted by Gasteiger charge is -2.10. The van der Waals surface area contributed by atoms with Gasteiger partial charge in [0.1, 0.15) is 5.75 Å². The Morgan fingerprint density at radius 1 is 1.15 bits per heavy atom. The second-order valence-electron chi connectivity index (χ2n) is 6.53. The summed E-state index contributed by atoms with van der Waals surface area (Å²) in [4.78, 5) is 13.0. The Hall–Kier alpha value is -3.08. The molecule has 4 rings (SSSR count). The number of hydrogen-bond acceptors (Lipinski definition) is 3. The van der Waals surface area contributed by atoms with Crippen LogP contribution in [0.5, 0.6) is 5.75 Å². The van der Waals surface area contributed by atoms with Crippen molar-refractivity contribution in [3.63, 3.8) is 0 Å². The first kappa shape index (κ1) is 16.4. The van der Waals surface area contributed by atoms with Crippen molar-refractivity contribution >= 4 is 11.6 Å². The number of aromatic nitrogens is 2. The molecule has 1 amide bonds. The molecule has 0 atom stereocenters. The largest absolute Gasteiger partial charge is 0.495 e. The number of hydrogen-bond donors (Lipinski definition) is 1. The van der Waals surface area contributed by atoms with Crippen molar-refractivity contribution in [2.24, 2.45) is 0 Å². The first-order valence-electron chi connectivity index (χ1n) is 8.79. The molecule has 1 aromatic heterocycles. The molecule has 0 radical (unpaired) electrons. The van der Waals surface area contributed by atoms with Gasteiger partial charge in [0.25, 0.3) is 5.91 Å². The number of rotatable bonds is 4. The van der Waals surface area contributed by atoms with Crippen LogP contribution >= 0.6 is 0 Å². The van der Waals surface area contributed by atoms with Crippen molar-refractivity contribution in [1.82, 2.24) is 9.78 Å². The summed E-state index contributed by atoms with van der Waals surface area (Å²) in [5.41, 5.74) is 5.40. The first-order valence-corrected chi connectivity index (χ1v) is 8.79. The molecule has 1 N–H and O–H groups in total. The highest BCUT2D eigenvalue weighted by molar-refractivity contribution is 6.05. The maximum absolute atomic E-state index is 13.0. The molecule has 26 heavy (non-hydrogen) atoms. The lowest BCUT2D eigenvalue weighted by Crippen LogP contribution is -2.15. The molecule has 5 heteroatoms. The van der Waals surface area contributed by atoms with Crippen molar-refractivity contribution in [1.29, 1.82) is 0 Å². The Bertz CT molecular complexity index is 961. The average molecular weight is 347 g/mol. The second-order valence-corrected chi connectivity index (χ2v) is 6.53. The smallest absolute Gasteiger partial charge is 0.276 e. The molecule has 1 heterocycles. The zero-order valence-electron chi connectivity index (χ0n) is 15.0. The van der Waals surface area contributed by atoms with Gasteiger partial charge in [-0.05, 0) is 56.0 Å². The fourth-order valence-corrected chi connectivity index (χ4v) is 3.50. The number of methoxy groups -OCH3 is 1. The number of fused-ring (bicyclic) bond motifs is 1. The number of nitrogens with one attached hydrogen (secondary N) is 1. The highest BCUT2D eigenvalue weighted by Crippen LogP contribution is 2.30. The highest BCUT2D eigenvalue weighted by Gasteiger charge is 2.27. The lowest BCUT2D eigenvalue weighted by molar-refractivity contribution is 0.102. The van der Waals surface area contributed by atoms with Gasteiger partial charge in [-0.25, -0.2) is 4.68 Å². The Morgan fingerprint density at radius 2 is 1.96 bits per heavy atom. The summed E-state index contributed by atoms with van der Waals surface area (Å²) in [5, 5.41) is 7.61. The molecular weight excluding hydrogens is 326 g/mol. The zero-order valence-corrected chi connectivity index (χ0v) is 15.0. The van der Waals surface area contributed by atoms with Gasteiger partial charge < -0.3 is 10.1 Å². The predicted octanol–water partition coefficient (Wildman–Crippen LogP) is 3.93. The first-order chi connectivity index (χ1) is 12.7. The number of ether oxygens (including phenoxy) is 1. The van der Waals surface area contributed by atoms with E-state index < -0.39 is 0 Å². The van der Waals surface area contributed by atoms with E-state index in [1.54, 1.807) is 7.11 Å². The minimum atomic E-state index is -0.193. The van der Waals surface area contributed by atoms with Crippen LogP contribution in [-0.4, -0.2) is 22.8 Å². The summed E-state index contributed by atoms with van der Waals surface area (Å²) < 4.78 is 7.27. The third kappa shape index (κ3) is 2.86. The van der Waals surface area contributed by atoms with Crippen molar-refractivity contribution < 1.29 is 9.53 Å². The fraction of sp³-hybridized carbons (Fsp3) is 0.238. The molecule has 0 spiro atoms. The molecule has 3 aromatic rings. The Morgan fingerprint density at radius 3 is 2.73 bits per heavy atom. The predicted molar refractivity (Wildman–Crippen MR) is 101 cm³/mol. The van der Waals surface area contributed by atoms with Gasteiger partial charge in [0, 0.05) is 11.3 Å². The van der Waals surface area contributed by atoms with Crippen LogP contribution in [0.15, 0.2) is 48.5 Å². The van der Waals surface area contributed by atoms with Crippen LogP contribution in [0, 0.1) is 6.92 Å². The molecule has 0 bridgehead atoms. The van der Waals surface area contributed by atoms with E-state index in [0.717, 1.165) is 41.8 Å². The Balaban J connectivity index is 1.71. The number of aryl methyl sites for hydroxylation is 1. The number of carbonyl (C=O) groups is 1. The maximum atomic E-state index is 13.0. The minimum absolute atomic E-state index is 0.193. The molecule has 2 aromatic carbocycles. The third-order valence-electron chi connectivity index (χ3n) is 4.75. The van der Waals surface area contributed by atoms with Gasteiger partial charge in [-0.15, -0.1) is 0 Å². The summed E-state index contributed by atoms with van der Waals surface area (Å²) in [6.07, 6.45) is 2.88. The monoisotopic (exact) mass is 347 g/mol. The second kappa shape index (κ2) is 6.67. The average Bonchev–Trinajstić information content (AvgIpc) is 3.25. The van der Waals surface area contributed by atoms with Crippen LogP contribution in [0.1, 0.15) is 33.7 Å². The van der Waals surface area contributed by atoms with Crippen LogP contribution in [0.4, 0.5) is 5.69 Å². The van der Waals surface area contributed by atoms with E-state index in [1.165, 1.54) is 0 Å². The minimum Gasteiger partial charge on any atom is -0.495 e. The molecule has 0 unspecified atom stereocenters. The molecule has 0 aliphatic heterocycles. The van der Waals surface area contributed by atoms with Crippen molar-refractivity contribution in [2.45, 2.75) is 26.2 Å². The van der Waals surface area contributed by atoms with Gasteiger partial charge in [-0.2, -0.15) is 5.10 Å². The highest BCUT2D eigenvalue weighted by atomic mass is 16.5. The summed E-state index contributed by atoms with van der Waals surface area (Å²) >= 11 is 0. The third-order valence-corrected chi connectivity index (χ3v) is 4.75. The SMILES string of the molecule is COc1ccc(C)cc1NC(=O)c1nn(-c2ccccc2)c2c1CCC2. The van der Waals surface area contributed by atoms with Gasteiger partial charge in [0.2, 0.25) is 0 Å². The van der Waals surface area contributed by atoms with Crippen LogP contribution in [0.25, 0.3) is 5.69 Å². The normalized spacial score (nSPS) is 12.7. The molecule has 0 saturated carbocycles. The summed E-state index contributed by atoms with van der Waals surface area (Å²) in [7, 11) is 1.60. The van der Waals surface area contributed by atoms with E-state index in [4.69, 9.17) is 4.74 Å². The zero-order chi connectivity index (χ0) is 18.1. The molecule has 0 fully saturated rings. The number of para-hydroxylation sites is 1. The van der Waals surface area contributed by atoms with Gasteiger partial charge in [0.15, 0.2) is 5.69 Å². The van der Waals surface area contributed by atoms with Crippen LogP contribution < -0.4 is 10.1 Å². The van der Waals surface area contributed by atoms with E-state index in [-0.39, 0.29) is 5.91 Å². The summed E-state index contributed by atoms with van der Waals surface area (Å²) in [5.74, 6) is 0.449. The number of amides is 1. The quantitative estimate of drug-likeness (QED) is 0.778. The fourth-order valence-electron chi connectivity index (χ4n) is 3.50. The van der Waals surface area contributed by atoms with Crippen LogP contribution in [0.2, 0.25) is 0 Å². The summed E-state index contributed by atoms with van der Waals surface area (Å²) in [6.45, 7) is 1.98. The number of anilines is 1. The summed E-state index contributed by atoms with van der Waals surface area (Å²) in [6, 6.07) is 15.7. The molecule has 0 saturated heterocycles. The van der Waals surface area contributed by atoms with E-state index in [1.807, 2.05) is 60.1 Å². The van der Waals surface area contributed by atoms with Crippen LogP contribution in [-0.2, 0) is 12.8 Å². The van der Waals surface area contributed by atoms with Crippen LogP contribution in [0.3, 0.4) is 0 Å². The van der Waals surface area contributed by atoms with Gasteiger partial charge in [-0.3, -0.25) is 4.79 Å². The van der Waals surface area contributed by atoms with E-state index >= 15 is 0 Å². The van der Waals surface area contributed by atoms with E-state index in [2.05, 4.69) is 10.4 Å². The Kier molecular flexibility index (Phi) is 4.21. The molecular formula is C21H21N3O2. The van der Waals surface area contributed by atoms with Gasteiger partial charge >= 0.3 is 0 Å². The number of carbonyl (C=O) groups excluding carboxylic acids is 1. The van der Waals surface area contributed by atoms with Gasteiger partial charge in [0.05, 0.1) is 18.5 Å². The maximum Gasteiger partial charge on any atom is 0.276 e. The number of nitrogens with zero attached hydrogens (tertiary/aromatic N) is 2. The van der Waals surface area contributed by atoms with E-state index in [9.17, 15) is 4.79 Å². The molecule has 5 nitrogen and oxygen atoms in total. The molecule has 1 aliphatic carbocycles. The molecule has 1 aliphatic rings. The number of benzene rings is 2. The molecule has 132 valence electrons. The van der Waals surface area contributed by atoms with Crippen molar-refractivity contribution in [2.75, 3.05) is 12.4 Å². The van der Waals surface area contributed by atoms with Crippen molar-refractivity contribution in [3.8, 4) is 11.4 Å². The van der Waals surface area contributed by atoms with Crippen molar-refractivity contribution in [3.05, 3.63) is 71.0 Å². The van der Waals surface area contributed by atoms with E-state index in [0.29, 0.717) is 17.1 Å². The Labute approximate surface area is 152 Å².